The fourth-order valence-electron chi connectivity index (χ4n) is 2.36. The van der Waals surface area contributed by atoms with E-state index in [1.165, 1.54) is 18.4 Å². The first-order valence-electron chi connectivity index (χ1n) is 8.44. The van der Waals surface area contributed by atoms with Gasteiger partial charge < -0.3 is 10.1 Å². The van der Waals surface area contributed by atoms with Crippen LogP contribution in [0.5, 0.6) is 5.75 Å². The zero-order chi connectivity index (χ0) is 17.4. The predicted octanol–water partition coefficient (Wildman–Crippen LogP) is 5.48. The number of benzene rings is 2. The average molecular weight is 346 g/mol. The maximum atomic E-state index is 12.4. The molecule has 0 aliphatic rings. The van der Waals surface area contributed by atoms with Gasteiger partial charge in [-0.1, -0.05) is 44.0 Å². The smallest absolute Gasteiger partial charge is 0.265 e. The molecule has 1 atom stereocenters. The Balaban J connectivity index is 1.94. The Hall–Kier alpha value is -2.00. The highest BCUT2D eigenvalue weighted by Gasteiger charge is 2.18. The molecule has 2 aromatic carbocycles. The zero-order valence-electron chi connectivity index (χ0n) is 14.2. The number of rotatable bonds is 8. The van der Waals surface area contributed by atoms with Crippen molar-refractivity contribution in [3.05, 3.63) is 59.1 Å². The summed E-state index contributed by atoms with van der Waals surface area (Å²) >= 11 is 5.86. The van der Waals surface area contributed by atoms with Crippen LogP contribution < -0.4 is 10.1 Å². The van der Waals surface area contributed by atoms with Gasteiger partial charge in [0.15, 0.2) is 6.10 Å². The molecule has 3 nitrogen and oxygen atoms in total. The Labute approximate surface area is 149 Å². The van der Waals surface area contributed by atoms with E-state index in [9.17, 15) is 4.79 Å². The van der Waals surface area contributed by atoms with Crippen LogP contribution in [0.2, 0.25) is 5.02 Å². The van der Waals surface area contributed by atoms with Crippen LogP contribution in [0.25, 0.3) is 0 Å². The number of hydrogen-bond acceptors (Lipinski definition) is 2. The Morgan fingerprint density at radius 3 is 2.33 bits per heavy atom. The lowest BCUT2D eigenvalue weighted by atomic mass is 10.1. The molecule has 2 rings (SSSR count). The number of aryl methyl sites for hydroxylation is 1. The number of unbranched alkanes of at least 4 members (excludes halogenated alkanes) is 1. The topological polar surface area (TPSA) is 38.3 Å². The molecule has 24 heavy (non-hydrogen) atoms. The Bertz CT molecular complexity index is 638. The Morgan fingerprint density at radius 1 is 1.08 bits per heavy atom. The lowest BCUT2D eigenvalue weighted by Crippen LogP contribution is -2.32. The highest BCUT2D eigenvalue weighted by atomic mass is 35.5. The molecule has 128 valence electrons. The van der Waals surface area contributed by atoms with Crippen molar-refractivity contribution >= 4 is 23.2 Å². The van der Waals surface area contributed by atoms with Gasteiger partial charge in [-0.3, -0.25) is 4.79 Å². The van der Waals surface area contributed by atoms with E-state index >= 15 is 0 Å². The maximum absolute atomic E-state index is 12.4. The fourth-order valence-corrected chi connectivity index (χ4v) is 2.48. The highest BCUT2D eigenvalue weighted by Crippen LogP contribution is 2.19. The van der Waals surface area contributed by atoms with E-state index in [0.29, 0.717) is 17.2 Å². The summed E-state index contributed by atoms with van der Waals surface area (Å²) in [5, 5.41) is 3.56. The van der Waals surface area contributed by atoms with Gasteiger partial charge in [-0.25, -0.2) is 0 Å². The molecular weight excluding hydrogens is 322 g/mol. The quantitative estimate of drug-likeness (QED) is 0.688. The zero-order valence-corrected chi connectivity index (χ0v) is 15.0. The minimum absolute atomic E-state index is 0.145. The van der Waals surface area contributed by atoms with E-state index in [2.05, 4.69) is 24.4 Å². The summed E-state index contributed by atoms with van der Waals surface area (Å²) in [6, 6.07) is 15.0. The number of hydrogen-bond donors (Lipinski definition) is 1. The number of carbonyl (C=O) groups is 1. The molecule has 0 saturated heterocycles. The normalized spacial score (nSPS) is 11.8. The van der Waals surface area contributed by atoms with E-state index in [1.54, 1.807) is 24.3 Å². The van der Waals surface area contributed by atoms with Gasteiger partial charge in [-0.05, 0) is 61.2 Å². The summed E-state index contributed by atoms with van der Waals surface area (Å²) in [6.07, 6.45) is 3.48. The van der Waals surface area contributed by atoms with Gasteiger partial charge in [0.1, 0.15) is 5.75 Å². The van der Waals surface area contributed by atoms with Crippen LogP contribution in [-0.2, 0) is 11.2 Å². The number of amides is 1. The molecule has 1 N–H and O–H groups in total. The molecule has 4 heteroatoms. The Morgan fingerprint density at radius 2 is 1.75 bits per heavy atom. The third kappa shape index (κ3) is 5.57. The third-order valence-electron chi connectivity index (χ3n) is 3.80. The number of nitrogens with one attached hydrogen (secondary N) is 1. The molecule has 0 fully saturated rings. The van der Waals surface area contributed by atoms with Crippen molar-refractivity contribution < 1.29 is 9.53 Å². The monoisotopic (exact) mass is 345 g/mol. The number of ether oxygens (including phenoxy) is 1. The highest BCUT2D eigenvalue weighted by molar-refractivity contribution is 6.30. The van der Waals surface area contributed by atoms with Crippen molar-refractivity contribution in [1.82, 2.24) is 0 Å². The molecule has 0 aromatic heterocycles. The van der Waals surface area contributed by atoms with Crippen LogP contribution in [0.1, 0.15) is 38.7 Å². The van der Waals surface area contributed by atoms with Crippen molar-refractivity contribution in [3.8, 4) is 5.75 Å². The van der Waals surface area contributed by atoms with Crippen LogP contribution >= 0.6 is 11.6 Å². The molecule has 0 heterocycles. The van der Waals surface area contributed by atoms with Gasteiger partial charge in [0.2, 0.25) is 0 Å². The average Bonchev–Trinajstić information content (AvgIpc) is 2.60. The first-order chi connectivity index (χ1) is 11.6. The lowest BCUT2D eigenvalue weighted by Gasteiger charge is -2.17. The summed E-state index contributed by atoms with van der Waals surface area (Å²) in [5.41, 5.74) is 2.08. The van der Waals surface area contributed by atoms with Gasteiger partial charge in [-0.15, -0.1) is 0 Å². The van der Waals surface area contributed by atoms with Crippen LogP contribution in [0.3, 0.4) is 0 Å². The first kappa shape index (κ1) is 18.3. The van der Waals surface area contributed by atoms with E-state index in [0.717, 1.165) is 12.1 Å². The maximum Gasteiger partial charge on any atom is 0.265 e. The summed E-state index contributed by atoms with van der Waals surface area (Å²) in [7, 11) is 0. The second-order valence-electron chi connectivity index (χ2n) is 5.76. The molecule has 0 bridgehead atoms. The summed E-state index contributed by atoms with van der Waals surface area (Å²) < 4.78 is 5.76. The predicted molar refractivity (Wildman–Crippen MR) is 99.8 cm³/mol. The standard InChI is InChI=1S/C20H24ClNO2/c1-3-5-6-15-7-11-17(12-8-15)22-20(23)19(4-2)24-18-13-9-16(21)10-14-18/h7-14,19H,3-6H2,1-2H3,(H,22,23). The number of anilines is 1. The summed E-state index contributed by atoms with van der Waals surface area (Å²) in [4.78, 5) is 12.4. The fraction of sp³-hybridized carbons (Fsp3) is 0.350. The molecule has 1 amide bonds. The van der Waals surface area contributed by atoms with E-state index in [1.807, 2.05) is 19.1 Å². The summed E-state index contributed by atoms with van der Waals surface area (Å²) in [6.45, 7) is 4.11. The van der Waals surface area contributed by atoms with Crippen LogP contribution in [0, 0.1) is 0 Å². The largest absolute Gasteiger partial charge is 0.481 e. The van der Waals surface area contributed by atoms with Gasteiger partial charge in [0.05, 0.1) is 0 Å². The van der Waals surface area contributed by atoms with Crippen molar-refractivity contribution in [2.45, 2.75) is 45.6 Å². The van der Waals surface area contributed by atoms with E-state index < -0.39 is 6.10 Å². The third-order valence-corrected chi connectivity index (χ3v) is 4.05. The van der Waals surface area contributed by atoms with E-state index in [-0.39, 0.29) is 5.91 Å². The van der Waals surface area contributed by atoms with Gasteiger partial charge in [0.25, 0.3) is 5.91 Å². The SMILES string of the molecule is CCCCc1ccc(NC(=O)C(CC)Oc2ccc(Cl)cc2)cc1. The van der Waals surface area contributed by atoms with Gasteiger partial charge in [-0.2, -0.15) is 0 Å². The minimum atomic E-state index is -0.536. The lowest BCUT2D eigenvalue weighted by molar-refractivity contribution is -0.122. The minimum Gasteiger partial charge on any atom is -0.481 e. The summed E-state index contributed by atoms with van der Waals surface area (Å²) in [5.74, 6) is 0.491. The molecule has 0 aliphatic carbocycles. The molecule has 2 aromatic rings. The number of halogens is 1. The molecule has 1 unspecified atom stereocenters. The van der Waals surface area contributed by atoms with Crippen LogP contribution in [-0.4, -0.2) is 12.0 Å². The van der Waals surface area contributed by atoms with Crippen LogP contribution in [0.4, 0.5) is 5.69 Å². The molecule has 0 aliphatic heterocycles. The molecule has 0 spiro atoms. The van der Waals surface area contributed by atoms with Crippen molar-refractivity contribution in [1.29, 1.82) is 0 Å². The van der Waals surface area contributed by atoms with Crippen LogP contribution in [0.15, 0.2) is 48.5 Å². The second kappa shape index (κ2) is 9.33. The van der Waals surface area contributed by atoms with Gasteiger partial charge >= 0.3 is 0 Å². The molecule has 0 saturated carbocycles. The number of carbonyl (C=O) groups excluding carboxylic acids is 1. The van der Waals surface area contributed by atoms with Crippen molar-refractivity contribution in [2.24, 2.45) is 0 Å². The molecule has 0 radical (unpaired) electrons. The van der Waals surface area contributed by atoms with Gasteiger partial charge in [0, 0.05) is 10.7 Å². The van der Waals surface area contributed by atoms with E-state index in [4.69, 9.17) is 16.3 Å². The molecular formula is C20H24ClNO2. The Kier molecular flexibility index (Phi) is 7.13. The van der Waals surface area contributed by atoms with Crippen molar-refractivity contribution in [3.63, 3.8) is 0 Å². The first-order valence-corrected chi connectivity index (χ1v) is 8.82. The van der Waals surface area contributed by atoms with Crippen molar-refractivity contribution in [2.75, 3.05) is 5.32 Å². The second-order valence-corrected chi connectivity index (χ2v) is 6.19.